The first-order chi connectivity index (χ1) is 9.83. The normalized spacial score (nSPS) is 14.4. The van der Waals surface area contributed by atoms with E-state index in [9.17, 15) is 0 Å². The number of hydrogen-bond acceptors (Lipinski definition) is 3. The average molecular weight is 264 g/mol. The summed E-state index contributed by atoms with van der Waals surface area (Å²) in [6, 6.07) is 8.49. The number of nitrogens with zero attached hydrogens (tertiary/aromatic N) is 3. The van der Waals surface area contributed by atoms with Gasteiger partial charge in [0, 0.05) is 17.8 Å². The molecule has 0 radical (unpaired) electrons. The Labute approximate surface area is 117 Å². The van der Waals surface area contributed by atoms with Gasteiger partial charge >= 0.3 is 0 Å². The zero-order chi connectivity index (χ0) is 13.5. The van der Waals surface area contributed by atoms with E-state index >= 15 is 0 Å². The Morgan fingerprint density at radius 1 is 1.05 bits per heavy atom. The minimum Gasteiger partial charge on any atom is -0.383 e. The first-order valence-corrected chi connectivity index (χ1v) is 7.03. The molecule has 3 aromatic rings. The van der Waals surface area contributed by atoms with E-state index in [1.807, 2.05) is 12.3 Å². The van der Waals surface area contributed by atoms with Gasteiger partial charge in [-0.05, 0) is 42.4 Å². The van der Waals surface area contributed by atoms with Gasteiger partial charge in [0.05, 0.1) is 6.20 Å². The molecule has 100 valence electrons. The lowest BCUT2D eigenvalue weighted by Crippen LogP contribution is -2.05. The quantitative estimate of drug-likeness (QED) is 0.735. The molecule has 0 aliphatic heterocycles. The van der Waals surface area contributed by atoms with Crippen LogP contribution in [0.3, 0.4) is 0 Å². The molecule has 4 rings (SSSR count). The Hall–Kier alpha value is -2.36. The van der Waals surface area contributed by atoms with E-state index < -0.39 is 0 Å². The topological polar surface area (TPSA) is 56.2 Å². The summed E-state index contributed by atoms with van der Waals surface area (Å²) in [6.07, 6.45) is 8.51. The predicted octanol–water partition coefficient (Wildman–Crippen LogP) is 2.86. The molecule has 2 aromatic heterocycles. The van der Waals surface area contributed by atoms with Crippen LogP contribution < -0.4 is 5.73 Å². The molecule has 1 aliphatic rings. The smallest absolute Gasteiger partial charge is 0.157 e. The van der Waals surface area contributed by atoms with E-state index in [4.69, 9.17) is 5.73 Å². The fourth-order valence-corrected chi connectivity index (χ4v) is 3.01. The molecule has 4 heteroatoms. The third-order valence-electron chi connectivity index (χ3n) is 4.11. The Bertz CT molecular complexity index is 788. The summed E-state index contributed by atoms with van der Waals surface area (Å²) in [7, 11) is 0. The second-order valence-corrected chi connectivity index (χ2v) is 5.35. The van der Waals surface area contributed by atoms with Gasteiger partial charge in [-0.1, -0.05) is 18.2 Å². The molecule has 0 unspecified atom stereocenters. The van der Waals surface area contributed by atoms with Gasteiger partial charge < -0.3 is 5.73 Å². The molecule has 0 fully saturated rings. The van der Waals surface area contributed by atoms with Gasteiger partial charge in [-0.25, -0.2) is 4.98 Å². The first-order valence-electron chi connectivity index (χ1n) is 7.03. The average Bonchev–Trinajstić information content (AvgIpc) is 2.97. The third-order valence-corrected chi connectivity index (χ3v) is 4.11. The van der Waals surface area contributed by atoms with Gasteiger partial charge in [-0.2, -0.15) is 9.61 Å². The summed E-state index contributed by atoms with van der Waals surface area (Å²) in [6.45, 7) is 0. The lowest BCUT2D eigenvalue weighted by Gasteiger charge is -2.17. The van der Waals surface area contributed by atoms with Crippen molar-refractivity contribution < 1.29 is 0 Å². The number of rotatable bonds is 1. The van der Waals surface area contributed by atoms with Gasteiger partial charge in [0.25, 0.3) is 0 Å². The SMILES string of the molecule is Nc1c(-c2ccc3c(c2)CCCC3)cnc2ccnn12. The molecular weight excluding hydrogens is 248 g/mol. The van der Waals surface area contributed by atoms with E-state index in [1.165, 1.54) is 36.8 Å². The molecular formula is C16H16N4. The molecule has 2 N–H and O–H groups in total. The highest BCUT2D eigenvalue weighted by atomic mass is 15.3. The van der Waals surface area contributed by atoms with E-state index in [2.05, 4.69) is 28.3 Å². The summed E-state index contributed by atoms with van der Waals surface area (Å²) < 4.78 is 1.69. The van der Waals surface area contributed by atoms with E-state index in [0.717, 1.165) is 16.8 Å². The number of nitrogen functional groups attached to an aromatic ring is 1. The molecule has 0 spiro atoms. The van der Waals surface area contributed by atoms with Crippen LogP contribution in [0.4, 0.5) is 5.82 Å². The highest BCUT2D eigenvalue weighted by molar-refractivity contribution is 5.75. The largest absolute Gasteiger partial charge is 0.383 e. The number of fused-ring (bicyclic) bond motifs is 2. The number of benzene rings is 1. The highest BCUT2D eigenvalue weighted by Gasteiger charge is 2.13. The zero-order valence-electron chi connectivity index (χ0n) is 11.2. The van der Waals surface area contributed by atoms with Crippen molar-refractivity contribution in [2.75, 3.05) is 5.73 Å². The molecule has 0 saturated heterocycles. The maximum absolute atomic E-state index is 6.23. The monoisotopic (exact) mass is 264 g/mol. The Kier molecular flexibility index (Phi) is 2.49. The van der Waals surface area contributed by atoms with Crippen LogP contribution in [-0.4, -0.2) is 14.6 Å². The third kappa shape index (κ3) is 1.68. The summed E-state index contributed by atoms with van der Waals surface area (Å²) in [4.78, 5) is 4.41. The fourth-order valence-electron chi connectivity index (χ4n) is 3.01. The van der Waals surface area contributed by atoms with E-state index in [1.54, 1.807) is 10.7 Å². The number of hydrogen-bond donors (Lipinski definition) is 1. The standard InChI is InChI=1S/C16H16N4/c17-16-14(10-18-15-7-8-19-20(15)16)13-6-5-11-3-1-2-4-12(11)9-13/h5-10H,1-4,17H2. The zero-order valence-corrected chi connectivity index (χ0v) is 11.2. The van der Waals surface area contributed by atoms with Crippen LogP contribution in [0.1, 0.15) is 24.0 Å². The Morgan fingerprint density at radius 2 is 1.90 bits per heavy atom. The Balaban J connectivity index is 1.88. The van der Waals surface area contributed by atoms with Crippen LogP contribution in [0.15, 0.2) is 36.7 Å². The second-order valence-electron chi connectivity index (χ2n) is 5.35. The van der Waals surface area contributed by atoms with E-state index in [0.29, 0.717) is 5.82 Å². The lowest BCUT2D eigenvalue weighted by molar-refractivity contribution is 0.686. The molecule has 0 amide bonds. The summed E-state index contributed by atoms with van der Waals surface area (Å²) in [5.41, 5.74) is 12.0. The van der Waals surface area contributed by atoms with Gasteiger partial charge in [0.2, 0.25) is 0 Å². The summed E-state index contributed by atoms with van der Waals surface area (Å²) >= 11 is 0. The highest BCUT2D eigenvalue weighted by Crippen LogP contribution is 2.30. The van der Waals surface area contributed by atoms with Gasteiger partial charge in [0.1, 0.15) is 5.82 Å². The molecule has 20 heavy (non-hydrogen) atoms. The minimum atomic E-state index is 0.649. The van der Waals surface area contributed by atoms with Crippen LogP contribution >= 0.6 is 0 Å². The molecule has 0 atom stereocenters. The predicted molar refractivity (Wildman–Crippen MR) is 79.5 cm³/mol. The number of aryl methyl sites for hydroxylation is 2. The van der Waals surface area contributed by atoms with Crippen LogP contribution in [0.2, 0.25) is 0 Å². The van der Waals surface area contributed by atoms with Gasteiger partial charge in [-0.15, -0.1) is 0 Å². The molecule has 0 saturated carbocycles. The second kappa shape index (κ2) is 4.34. The first kappa shape index (κ1) is 11.5. The molecule has 2 heterocycles. The maximum Gasteiger partial charge on any atom is 0.157 e. The van der Waals surface area contributed by atoms with Crippen LogP contribution in [0.25, 0.3) is 16.8 Å². The number of anilines is 1. The number of aromatic nitrogens is 3. The molecule has 1 aliphatic carbocycles. The van der Waals surface area contributed by atoms with Crippen molar-refractivity contribution in [2.45, 2.75) is 25.7 Å². The van der Waals surface area contributed by atoms with Crippen molar-refractivity contribution in [3.8, 4) is 11.1 Å². The van der Waals surface area contributed by atoms with Gasteiger partial charge in [0.15, 0.2) is 5.65 Å². The van der Waals surface area contributed by atoms with Crippen LogP contribution in [-0.2, 0) is 12.8 Å². The lowest BCUT2D eigenvalue weighted by atomic mass is 9.89. The minimum absolute atomic E-state index is 0.649. The maximum atomic E-state index is 6.23. The fraction of sp³-hybridized carbons (Fsp3) is 0.250. The molecule has 4 nitrogen and oxygen atoms in total. The Morgan fingerprint density at radius 3 is 2.80 bits per heavy atom. The molecule has 1 aromatic carbocycles. The van der Waals surface area contributed by atoms with Gasteiger partial charge in [-0.3, -0.25) is 0 Å². The summed E-state index contributed by atoms with van der Waals surface area (Å²) in [5.74, 6) is 0.649. The van der Waals surface area contributed by atoms with Crippen LogP contribution in [0, 0.1) is 0 Å². The summed E-state index contributed by atoms with van der Waals surface area (Å²) in [5, 5.41) is 4.22. The van der Waals surface area contributed by atoms with Crippen molar-refractivity contribution in [1.82, 2.24) is 14.6 Å². The molecule has 0 bridgehead atoms. The van der Waals surface area contributed by atoms with E-state index in [-0.39, 0.29) is 0 Å². The van der Waals surface area contributed by atoms with Crippen molar-refractivity contribution in [3.63, 3.8) is 0 Å². The number of nitrogens with two attached hydrogens (primary N) is 1. The van der Waals surface area contributed by atoms with Crippen molar-refractivity contribution in [2.24, 2.45) is 0 Å². The van der Waals surface area contributed by atoms with Crippen LogP contribution in [0.5, 0.6) is 0 Å². The van der Waals surface area contributed by atoms with Crippen molar-refractivity contribution in [3.05, 3.63) is 47.8 Å². The van der Waals surface area contributed by atoms with Crippen molar-refractivity contribution in [1.29, 1.82) is 0 Å². The van der Waals surface area contributed by atoms with Crippen molar-refractivity contribution >= 4 is 11.5 Å².